The first-order valence-corrected chi connectivity index (χ1v) is 6.56. The molecule has 1 aromatic rings. The molecule has 0 fully saturated rings. The Kier molecular flexibility index (Phi) is 5.48. The Balaban J connectivity index is 2.64. The summed E-state index contributed by atoms with van der Waals surface area (Å²) in [5.41, 5.74) is 0.909. The van der Waals surface area contributed by atoms with Crippen LogP contribution in [0.25, 0.3) is 0 Å². The number of ether oxygens (including phenoxy) is 1. The summed E-state index contributed by atoms with van der Waals surface area (Å²) in [6.07, 6.45) is 0. The number of nitrogens with one attached hydrogen (secondary N) is 1. The van der Waals surface area contributed by atoms with Crippen molar-refractivity contribution in [2.75, 3.05) is 13.7 Å². The Hall–Kier alpha value is -1.22. The van der Waals surface area contributed by atoms with Crippen LogP contribution in [0.1, 0.15) is 39.3 Å². The molecule has 0 aliphatic heterocycles. The van der Waals surface area contributed by atoms with Gasteiger partial charge in [0.1, 0.15) is 11.5 Å². The molecule has 0 amide bonds. The summed E-state index contributed by atoms with van der Waals surface area (Å²) in [7, 11) is 1.60. The normalized spacial score (nSPS) is 14.6. The van der Waals surface area contributed by atoms with Crippen molar-refractivity contribution in [3.8, 4) is 11.5 Å². The van der Waals surface area contributed by atoms with Crippen LogP contribution in [0.2, 0.25) is 0 Å². The fourth-order valence-corrected chi connectivity index (χ4v) is 1.72. The molecule has 3 heteroatoms. The first-order valence-electron chi connectivity index (χ1n) is 6.56. The number of rotatable bonds is 6. The maximum Gasteiger partial charge on any atom is 0.124 e. The average molecular weight is 251 g/mol. The van der Waals surface area contributed by atoms with Crippen LogP contribution >= 0.6 is 0 Å². The van der Waals surface area contributed by atoms with Crippen LogP contribution in [0.4, 0.5) is 0 Å². The highest BCUT2D eigenvalue weighted by atomic mass is 16.5. The molecule has 1 rings (SSSR count). The van der Waals surface area contributed by atoms with Crippen LogP contribution in [0, 0.1) is 11.8 Å². The van der Waals surface area contributed by atoms with Gasteiger partial charge in [-0.3, -0.25) is 0 Å². The first-order chi connectivity index (χ1) is 8.45. The number of benzene rings is 1. The molecule has 3 nitrogen and oxygen atoms in total. The molecular weight excluding hydrogens is 226 g/mol. The van der Waals surface area contributed by atoms with Gasteiger partial charge in [-0.1, -0.05) is 26.8 Å². The van der Waals surface area contributed by atoms with Gasteiger partial charge in [-0.25, -0.2) is 0 Å². The van der Waals surface area contributed by atoms with Gasteiger partial charge in [0.2, 0.25) is 0 Å². The van der Waals surface area contributed by atoms with Crippen molar-refractivity contribution in [3.05, 3.63) is 23.8 Å². The lowest BCUT2D eigenvalue weighted by Crippen LogP contribution is -2.26. The van der Waals surface area contributed by atoms with Crippen molar-refractivity contribution >= 4 is 0 Å². The Morgan fingerprint density at radius 3 is 2.39 bits per heavy atom. The zero-order valence-corrected chi connectivity index (χ0v) is 12.0. The lowest BCUT2D eigenvalue weighted by molar-refractivity contribution is 0.369. The van der Waals surface area contributed by atoms with Gasteiger partial charge in [-0.05, 0) is 31.4 Å². The lowest BCUT2D eigenvalue weighted by Gasteiger charge is -2.21. The number of aromatic hydroxyl groups is 1. The zero-order valence-electron chi connectivity index (χ0n) is 12.0. The highest BCUT2D eigenvalue weighted by molar-refractivity contribution is 5.41. The predicted molar refractivity (Wildman–Crippen MR) is 75.1 cm³/mol. The van der Waals surface area contributed by atoms with E-state index in [1.54, 1.807) is 13.2 Å². The van der Waals surface area contributed by atoms with Gasteiger partial charge in [0.15, 0.2) is 0 Å². The van der Waals surface area contributed by atoms with E-state index in [4.69, 9.17) is 4.74 Å². The maximum absolute atomic E-state index is 9.95. The van der Waals surface area contributed by atoms with E-state index in [2.05, 4.69) is 33.0 Å². The van der Waals surface area contributed by atoms with E-state index in [1.165, 1.54) is 0 Å². The Bertz CT molecular complexity index is 377. The molecule has 0 radical (unpaired) electrons. The Labute approximate surface area is 110 Å². The lowest BCUT2D eigenvalue weighted by atomic mass is 9.97. The van der Waals surface area contributed by atoms with E-state index in [9.17, 15) is 5.11 Å². The van der Waals surface area contributed by atoms with Crippen molar-refractivity contribution in [2.45, 2.75) is 33.7 Å². The van der Waals surface area contributed by atoms with E-state index in [0.717, 1.165) is 12.1 Å². The first kappa shape index (κ1) is 14.8. The second-order valence-corrected chi connectivity index (χ2v) is 5.28. The highest BCUT2D eigenvalue weighted by Gasteiger charge is 2.13. The Morgan fingerprint density at radius 1 is 1.22 bits per heavy atom. The van der Waals surface area contributed by atoms with Crippen LogP contribution in [-0.4, -0.2) is 18.8 Å². The van der Waals surface area contributed by atoms with Crippen molar-refractivity contribution in [1.82, 2.24) is 5.32 Å². The second kappa shape index (κ2) is 6.64. The molecular formula is C15H25NO2. The van der Waals surface area contributed by atoms with Gasteiger partial charge in [0.05, 0.1) is 7.11 Å². The molecule has 1 aromatic carbocycles. The minimum absolute atomic E-state index is 0.136. The van der Waals surface area contributed by atoms with Gasteiger partial charge >= 0.3 is 0 Å². The molecule has 0 aliphatic carbocycles. The zero-order chi connectivity index (χ0) is 13.7. The quantitative estimate of drug-likeness (QED) is 0.814. The topological polar surface area (TPSA) is 41.5 Å². The van der Waals surface area contributed by atoms with Crippen LogP contribution in [-0.2, 0) is 0 Å². The van der Waals surface area contributed by atoms with Crippen molar-refractivity contribution < 1.29 is 9.84 Å². The van der Waals surface area contributed by atoms with E-state index >= 15 is 0 Å². The third-order valence-electron chi connectivity index (χ3n) is 3.59. The minimum Gasteiger partial charge on any atom is -0.507 e. The Morgan fingerprint density at radius 2 is 1.89 bits per heavy atom. The monoisotopic (exact) mass is 251 g/mol. The van der Waals surface area contributed by atoms with Crippen LogP contribution in [0.15, 0.2) is 18.2 Å². The van der Waals surface area contributed by atoms with Crippen LogP contribution < -0.4 is 10.1 Å². The number of hydrogen-bond donors (Lipinski definition) is 2. The predicted octanol–water partition coefficient (Wildman–Crippen LogP) is 3.34. The number of phenols is 1. The van der Waals surface area contributed by atoms with E-state index in [0.29, 0.717) is 17.6 Å². The van der Waals surface area contributed by atoms with Gasteiger partial charge in [0, 0.05) is 17.7 Å². The molecule has 2 unspecified atom stereocenters. The van der Waals surface area contributed by atoms with Crippen molar-refractivity contribution in [2.24, 2.45) is 11.8 Å². The summed E-state index contributed by atoms with van der Waals surface area (Å²) in [4.78, 5) is 0. The molecule has 2 atom stereocenters. The van der Waals surface area contributed by atoms with E-state index < -0.39 is 0 Å². The smallest absolute Gasteiger partial charge is 0.124 e. The summed E-state index contributed by atoms with van der Waals surface area (Å²) >= 11 is 0. The summed E-state index contributed by atoms with van der Waals surface area (Å²) < 4.78 is 5.08. The maximum atomic E-state index is 9.95. The third-order valence-corrected chi connectivity index (χ3v) is 3.59. The van der Waals surface area contributed by atoms with E-state index in [-0.39, 0.29) is 11.8 Å². The van der Waals surface area contributed by atoms with Crippen LogP contribution in [0.5, 0.6) is 11.5 Å². The molecule has 18 heavy (non-hydrogen) atoms. The molecule has 102 valence electrons. The second-order valence-electron chi connectivity index (χ2n) is 5.28. The number of hydrogen-bond acceptors (Lipinski definition) is 3. The van der Waals surface area contributed by atoms with Gasteiger partial charge in [-0.15, -0.1) is 0 Å². The minimum atomic E-state index is 0.136. The summed E-state index contributed by atoms with van der Waals surface area (Å²) in [5, 5.41) is 13.4. The summed E-state index contributed by atoms with van der Waals surface area (Å²) in [6, 6.07) is 5.57. The fraction of sp³-hybridized carbons (Fsp3) is 0.600. The highest BCUT2D eigenvalue weighted by Crippen LogP contribution is 2.28. The van der Waals surface area contributed by atoms with Crippen molar-refractivity contribution in [1.29, 1.82) is 0 Å². The molecule has 0 spiro atoms. The molecule has 0 aromatic heterocycles. The van der Waals surface area contributed by atoms with Gasteiger partial charge < -0.3 is 15.2 Å². The molecule has 0 heterocycles. The standard InChI is InChI=1S/C15H25NO2/c1-10(2)11(3)9-16-12(4)14-7-6-13(18-5)8-15(14)17/h6-8,10-12,16-17H,9H2,1-5H3. The molecule has 2 N–H and O–H groups in total. The fourth-order valence-electron chi connectivity index (χ4n) is 1.72. The molecule has 0 bridgehead atoms. The number of methoxy groups -OCH3 is 1. The average Bonchev–Trinajstić information content (AvgIpc) is 2.34. The van der Waals surface area contributed by atoms with Crippen LogP contribution in [0.3, 0.4) is 0 Å². The summed E-state index contributed by atoms with van der Waals surface area (Å²) in [5.74, 6) is 2.24. The van der Waals surface area contributed by atoms with Gasteiger partial charge in [0.25, 0.3) is 0 Å². The summed E-state index contributed by atoms with van der Waals surface area (Å²) in [6.45, 7) is 9.70. The van der Waals surface area contributed by atoms with Crippen molar-refractivity contribution in [3.63, 3.8) is 0 Å². The number of phenolic OH excluding ortho intramolecular Hbond substituents is 1. The van der Waals surface area contributed by atoms with Gasteiger partial charge in [-0.2, -0.15) is 0 Å². The largest absolute Gasteiger partial charge is 0.507 e. The molecule has 0 saturated carbocycles. The van der Waals surface area contributed by atoms with E-state index in [1.807, 2.05) is 12.1 Å². The molecule has 0 saturated heterocycles. The third kappa shape index (κ3) is 3.91. The molecule has 0 aliphatic rings. The SMILES string of the molecule is COc1ccc(C(C)NCC(C)C(C)C)c(O)c1.